The van der Waals surface area contributed by atoms with Crippen LogP contribution in [0.5, 0.6) is 0 Å². The van der Waals surface area contributed by atoms with E-state index in [-0.39, 0.29) is 11.3 Å². The Morgan fingerprint density at radius 3 is 2.52 bits per heavy atom. The fourth-order valence-electron chi connectivity index (χ4n) is 4.71. The number of pyridine rings is 1. The summed E-state index contributed by atoms with van der Waals surface area (Å²) in [5, 5.41) is 11.3. The van der Waals surface area contributed by atoms with Gasteiger partial charge in [0.25, 0.3) is 5.91 Å². The minimum absolute atomic E-state index is 0.0511. The van der Waals surface area contributed by atoms with Crippen molar-refractivity contribution in [2.24, 2.45) is 5.41 Å². The van der Waals surface area contributed by atoms with Gasteiger partial charge in [-0.25, -0.2) is 8.51 Å². The van der Waals surface area contributed by atoms with Gasteiger partial charge in [-0.3, -0.25) is 9.78 Å². The zero-order valence-corrected chi connectivity index (χ0v) is 20.4. The number of amides is 1. The van der Waals surface area contributed by atoms with Crippen molar-refractivity contribution in [3.05, 3.63) is 35.0 Å². The van der Waals surface area contributed by atoms with E-state index >= 15 is 0 Å². The lowest BCUT2D eigenvalue weighted by Gasteiger charge is -2.38. The van der Waals surface area contributed by atoms with E-state index in [2.05, 4.69) is 16.0 Å². The molecule has 1 unspecified atom stereocenters. The molecule has 1 aliphatic carbocycles. The van der Waals surface area contributed by atoms with Crippen LogP contribution >= 0.6 is 11.6 Å². The SMILES string of the molecule is CC1(C#N)CCN(c2c(C(=O)N3CCN(S(=O)C4CC4)CC3)cnc3ccc(Cl)cc23)CC1. The summed E-state index contributed by atoms with van der Waals surface area (Å²) in [6.45, 7) is 5.76. The summed E-state index contributed by atoms with van der Waals surface area (Å²) < 4.78 is 14.5. The summed E-state index contributed by atoms with van der Waals surface area (Å²) in [5.74, 6) is -0.0511. The molecule has 0 N–H and O–H groups in total. The van der Waals surface area contributed by atoms with Gasteiger partial charge in [-0.1, -0.05) is 11.6 Å². The van der Waals surface area contributed by atoms with Gasteiger partial charge in [-0.05, 0) is 50.8 Å². The molecule has 2 saturated heterocycles. The van der Waals surface area contributed by atoms with Crippen molar-refractivity contribution >= 4 is 45.1 Å². The van der Waals surface area contributed by atoms with Crippen LogP contribution in [0.4, 0.5) is 5.69 Å². The zero-order chi connectivity index (χ0) is 23.2. The first-order valence-electron chi connectivity index (χ1n) is 11.6. The van der Waals surface area contributed by atoms with Crippen molar-refractivity contribution in [1.29, 1.82) is 5.26 Å². The first kappa shape index (κ1) is 22.6. The molecule has 2 aromatic rings. The Morgan fingerprint density at radius 2 is 1.88 bits per heavy atom. The quantitative estimate of drug-likeness (QED) is 0.661. The molecule has 3 fully saturated rings. The van der Waals surface area contributed by atoms with Crippen molar-refractivity contribution in [2.75, 3.05) is 44.2 Å². The van der Waals surface area contributed by atoms with Crippen molar-refractivity contribution in [2.45, 2.75) is 37.9 Å². The van der Waals surface area contributed by atoms with Gasteiger partial charge in [-0.2, -0.15) is 5.26 Å². The van der Waals surface area contributed by atoms with Crippen LogP contribution in [0.3, 0.4) is 0 Å². The number of anilines is 1. The van der Waals surface area contributed by atoms with Crippen LogP contribution < -0.4 is 4.90 Å². The lowest BCUT2D eigenvalue weighted by Crippen LogP contribution is -2.50. The molecule has 3 heterocycles. The monoisotopic (exact) mass is 485 g/mol. The van der Waals surface area contributed by atoms with Crippen LogP contribution in [0, 0.1) is 16.7 Å². The number of fused-ring (bicyclic) bond motifs is 1. The molecular weight excluding hydrogens is 458 g/mol. The predicted octanol–water partition coefficient (Wildman–Crippen LogP) is 3.60. The molecule has 1 aromatic carbocycles. The van der Waals surface area contributed by atoms with Crippen LogP contribution in [0.1, 0.15) is 43.0 Å². The Bertz CT molecular complexity index is 1150. The van der Waals surface area contributed by atoms with Gasteiger partial charge in [0.15, 0.2) is 0 Å². The summed E-state index contributed by atoms with van der Waals surface area (Å²) in [6.07, 6.45) is 5.25. The Hall–Kier alpha value is -2.21. The number of benzene rings is 1. The Morgan fingerprint density at radius 1 is 1.18 bits per heavy atom. The molecule has 7 nitrogen and oxygen atoms in total. The molecule has 0 bridgehead atoms. The first-order valence-corrected chi connectivity index (χ1v) is 13.1. The van der Waals surface area contributed by atoms with Gasteiger partial charge in [-0.15, -0.1) is 0 Å². The number of carbonyl (C=O) groups is 1. The summed E-state index contributed by atoms with van der Waals surface area (Å²) >= 11 is 6.34. The number of aromatic nitrogens is 1. The number of piperidine rings is 1. The Kier molecular flexibility index (Phi) is 6.06. The van der Waals surface area contributed by atoms with Gasteiger partial charge in [0.2, 0.25) is 0 Å². The van der Waals surface area contributed by atoms with E-state index in [0.717, 1.165) is 42.3 Å². The molecule has 1 atom stereocenters. The normalized spacial score (nSPS) is 22.2. The molecule has 1 amide bonds. The van der Waals surface area contributed by atoms with Gasteiger partial charge >= 0.3 is 0 Å². The first-order chi connectivity index (χ1) is 15.9. The highest BCUT2D eigenvalue weighted by atomic mass is 35.5. The molecule has 33 heavy (non-hydrogen) atoms. The predicted molar refractivity (Wildman–Crippen MR) is 131 cm³/mol. The lowest BCUT2D eigenvalue weighted by atomic mass is 9.81. The molecule has 5 rings (SSSR count). The van der Waals surface area contributed by atoms with E-state index in [1.165, 1.54) is 0 Å². The highest BCUT2D eigenvalue weighted by Gasteiger charge is 2.36. The van der Waals surface area contributed by atoms with Crippen LogP contribution in [-0.2, 0) is 11.0 Å². The van der Waals surface area contributed by atoms with Crippen molar-refractivity contribution in [3.8, 4) is 6.07 Å². The summed E-state index contributed by atoms with van der Waals surface area (Å²) in [5.41, 5.74) is 1.89. The van der Waals surface area contributed by atoms with Crippen molar-refractivity contribution in [3.63, 3.8) is 0 Å². The molecule has 2 aliphatic heterocycles. The molecular formula is C24H28ClN5O2S. The fraction of sp³-hybridized carbons (Fsp3) is 0.542. The Labute approximate surface area is 201 Å². The lowest BCUT2D eigenvalue weighted by molar-refractivity contribution is 0.0701. The van der Waals surface area contributed by atoms with Crippen LogP contribution in [-0.4, -0.2) is 68.8 Å². The number of halogens is 1. The van der Waals surface area contributed by atoms with Crippen LogP contribution in [0.2, 0.25) is 5.02 Å². The van der Waals surface area contributed by atoms with Crippen molar-refractivity contribution < 1.29 is 9.00 Å². The third-order valence-electron chi connectivity index (χ3n) is 7.07. The maximum atomic E-state index is 13.7. The van der Waals surface area contributed by atoms with E-state index in [9.17, 15) is 14.3 Å². The number of nitriles is 1. The molecule has 1 saturated carbocycles. The second kappa shape index (κ2) is 8.86. The number of hydrogen-bond acceptors (Lipinski definition) is 5. The average Bonchev–Trinajstić information content (AvgIpc) is 3.69. The number of carbonyl (C=O) groups excluding carboxylic acids is 1. The number of rotatable bonds is 4. The number of hydrogen-bond donors (Lipinski definition) is 0. The second-order valence-corrected chi connectivity index (χ2v) is 11.7. The van der Waals surface area contributed by atoms with E-state index in [0.29, 0.717) is 55.1 Å². The molecule has 9 heteroatoms. The van der Waals surface area contributed by atoms with Gasteiger partial charge in [0.1, 0.15) is 0 Å². The Balaban J connectivity index is 1.44. The largest absolute Gasteiger partial charge is 0.370 e. The standard InChI is InChI=1S/C24H28ClN5O2S/c1-24(16-26)6-8-28(9-7-24)22-19-14-17(25)2-5-21(19)27-15-20(22)23(31)29-10-12-30(13-11-29)33(32)18-3-4-18/h2,5,14-15,18H,3-4,6-13H2,1H3. The molecule has 3 aliphatic rings. The van der Waals surface area contributed by atoms with E-state index in [1.54, 1.807) is 6.20 Å². The topological polar surface area (TPSA) is 80.5 Å². The summed E-state index contributed by atoms with van der Waals surface area (Å²) in [7, 11) is -0.924. The van der Waals surface area contributed by atoms with Gasteiger partial charge in [0.05, 0.1) is 39.2 Å². The minimum atomic E-state index is -0.924. The van der Waals surface area contributed by atoms with E-state index in [4.69, 9.17) is 11.6 Å². The maximum Gasteiger partial charge on any atom is 0.257 e. The second-order valence-electron chi connectivity index (χ2n) is 9.54. The average molecular weight is 486 g/mol. The molecule has 0 radical (unpaired) electrons. The number of piperazine rings is 1. The smallest absolute Gasteiger partial charge is 0.257 e. The third-order valence-corrected chi connectivity index (χ3v) is 9.23. The third kappa shape index (κ3) is 4.46. The fourth-order valence-corrected chi connectivity index (χ4v) is 6.36. The van der Waals surface area contributed by atoms with Gasteiger partial charge < -0.3 is 9.80 Å². The summed E-state index contributed by atoms with van der Waals surface area (Å²) in [6, 6.07) is 8.02. The molecule has 174 valence electrons. The minimum Gasteiger partial charge on any atom is -0.370 e. The highest BCUT2D eigenvalue weighted by molar-refractivity contribution is 7.83. The van der Waals surface area contributed by atoms with E-state index < -0.39 is 11.0 Å². The van der Waals surface area contributed by atoms with Crippen LogP contribution in [0.15, 0.2) is 24.4 Å². The van der Waals surface area contributed by atoms with E-state index in [1.807, 2.05) is 34.3 Å². The maximum absolute atomic E-state index is 13.7. The molecule has 1 aromatic heterocycles. The van der Waals surface area contributed by atoms with Crippen LogP contribution in [0.25, 0.3) is 10.9 Å². The molecule has 0 spiro atoms. The highest BCUT2D eigenvalue weighted by Crippen LogP contribution is 2.38. The summed E-state index contributed by atoms with van der Waals surface area (Å²) in [4.78, 5) is 22.3. The van der Waals surface area contributed by atoms with Gasteiger partial charge in [0, 0.05) is 61.1 Å². The van der Waals surface area contributed by atoms with Crippen molar-refractivity contribution in [1.82, 2.24) is 14.2 Å². The zero-order valence-electron chi connectivity index (χ0n) is 18.8. The number of nitrogens with zero attached hydrogens (tertiary/aromatic N) is 5.